The number of hydrogen-bond acceptors (Lipinski definition) is 3. The molecule has 0 aliphatic carbocycles. The van der Waals surface area contributed by atoms with Gasteiger partial charge >= 0.3 is 0 Å². The Kier molecular flexibility index (Phi) is 2.71. The van der Waals surface area contributed by atoms with Gasteiger partial charge in [-0.05, 0) is 30.3 Å². The van der Waals surface area contributed by atoms with Gasteiger partial charge in [-0.25, -0.2) is 4.98 Å². The molecule has 0 N–H and O–H groups in total. The molecular weight excluding hydrogens is 334 g/mol. The van der Waals surface area contributed by atoms with Gasteiger partial charge in [0.2, 0.25) is 6.54 Å². The van der Waals surface area contributed by atoms with Crippen molar-refractivity contribution in [2.45, 2.75) is 6.54 Å². The Balaban J connectivity index is 2.07. The van der Waals surface area contributed by atoms with Crippen molar-refractivity contribution in [2.75, 3.05) is 0 Å². The quantitative estimate of drug-likeness (QED) is 0.504. The van der Waals surface area contributed by atoms with Crippen molar-refractivity contribution in [3.8, 4) is 5.69 Å². The second-order valence-corrected chi connectivity index (χ2v) is 5.65. The van der Waals surface area contributed by atoms with Crippen LogP contribution >= 0.6 is 15.9 Å². The lowest BCUT2D eigenvalue weighted by Gasteiger charge is -2.09. The lowest BCUT2D eigenvalue weighted by Crippen LogP contribution is -2.17. The summed E-state index contributed by atoms with van der Waals surface area (Å²) in [4.78, 5) is 4.27. The molecule has 3 heterocycles. The van der Waals surface area contributed by atoms with E-state index in [2.05, 4.69) is 20.9 Å². The monoisotopic (exact) mass is 343 g/mol. The highest BCUT2D eigenvalue weighted by Gasteiger charge is 2.28. The average Bonchev–Trinajstić information content (AvgIpc) is 3.10. The zero-order valence-corrected chi connectivity index (χ0v) is 12.4. The molecule has 3 aromatic rings. The highest BCUT2D eigenvalue weighted by Crippen LogP contribution is 2.27. The van der Waals surface area contributed by atoms with Crippen molar-refractivity contribution in [2.24, 2.45) is 0 Å². The minimum atomic E-state index is 0.176. The van der Waals surface area contributed by atoms with E-state index in [1.807, 2.05) is 29.0 Å². The first-order valence-electron chi connectivity index (χ1n) is 6.42. The number of fused-ring (bicyclic) bond motifs is 3. The molecule has 0 unspecified atom stereocenters. The number of furan rings is 1. The predicted molar refractivity (Wildman–Crippen MR) is 80.5 cm³/mol. The molecule has 21 heavy (non-hydrogen) atoms. The summed E-state index contributed by atoms with van der Waals surface area (Å²) in [7, 11) is 0. The zero-order valence-electron chi connectivity index (χ0n) is 10.9. The molecule has 0 saturated carbocycles. The van der Waals surface area contributed by atoms with Crippen molar-refractivity contribution in [1.82, 2.24) is 9.55 Å². The number of nitrogens with zero attached hydrogens (tertiary/aromatic N) is 3. The fraction of sp³-hybridized carbons (Fsp3) is 0.0667. The van der Waals surface area contributed by atoms with E-state index in [0.29, 0.717) is 17.3 Å². The molecule has 1 aliphatic rings. The van der Waals surface area contributed by atoms with E-state index < -0.39 is 0 Å². The molecule has 4 rings (SSSR count). The van der Waals surface area contributed by atoms with Crippen LogP contribution in [0.25, 0.3) is 5.69 Å². The van der Waals surface area contributed by atoms with Crippen LogP contribution in [0.5, 0.6) is 0 Å². The molecule has 6 heteroatoms. The third kappa shape index (κ3) is 1.91. The van der Waals surface area contributed by atoms with E-state index in [4.69, 9.17) is 4.42 Å². The maximum Gasteiger partial charge on any atom is 0.263 e. The largest absolute Gasteiger partial charge is 0.623 e. The van der Waals surface area contributed by atoms with Gasteiger partial charge in [-0.15, -0.1) is 0 Å². The van der Waals surface area contributed by atoms with Gasteiger partial charge in [-0.1, -0.05) is 15.9 Å². The van der Waals surface area contributed by atoms with Gasteiger partial charge in [-0.3, -0.25) is 4.57 Å². The van der Waals surface area contributed by atoms with Crippen LogP contribution in [-0.4, -0.2) is 20.0 Å². The summed E-state index contributed by atoms with van der Waals surface area (Å²) in [5.41, 5.74) is 2.24. The molecule has 0 bridgehead atoms. The molecule has 104 valence electrons. The van der Waals surface area contributed by atoms with Crippen molar-refractivity contribution in [1.29, 1.82) is 0 Å². The lowest BCUT2D eigenvalue weighted by atomic mass is 10.1. The van der Waals surface area contributed by atoms with Crippen LogP contribution in [0.2, 0.25) is 0 Å². The van der Waals surface area contributed by atoms with Gasteiger partial charge in [0.15, 0.2) is 11.6 Å². The maximum atomic E-state index is 12.6. The Morgan fingerprint density at radius 3 is 3.05 bits per heavy atom. The molecule has 0 atom stereocenters. The van der Waals surface area contributed by atoms with Crippen LogP contribution < -0.4 is 0 Å². The van der Waals surface area contributed by atoms with Gasteiger partial charge in [0.25, 0.3) is 5.71 Å². The summed E-state index contributed by atoms with van der Waals surface area (Å²) in [5, 5.41) is 12.6. The highest BCUT2D eigenvalue weighted by atomic mass is 79.9. The standard InChI is InChI=1S/C15H10BrN3O2/c16-10-3-4-12-11(8-10)15(13-2-1-7-21-13)19(20)9-14-17-5-6-18(12)14/h1-8H,9H2. The molecule has 0 amide bonds. The predicted octanol–water partition coefficient (Wildman–Crippen LogP) is 3.09. The molecule has 0 saturated heterocycles. The topological polar surface area (TPSA) is 57.0 Å². The van der Waals surface area contributed by atoms with E-state index >= 15 is 0 Å². The second kappa shape index (κ2) is 4.60. The molecule has 0 radical (unpaired) electrons. The number of rotatable bonds is 1. The van der Waals surface area contributed by atoms with Crippen LogP contribution in [0.4, 0.5) is 0 Å². The minimum absolute atomic E-state index is 0.176. The fourth-order valence-corrected chi connectivity index (χ4v) is 2.95. The number of benzene rings is 1. The Morgan fingerprint density at radius 2 is 2.24 bits per heavy atom. The molecule has 1 aliphatic heterocycles. The second-order valence-electron chi connectivity index (χ2n) is 4.74. The summed E-state index contributed by atoms with van der Waals surface area (Å²) < 4.78 is 9.21. The first-order valence-corrected chi connectivity index (χ1v) is 7.21. The molecular formula is C15H10BrN3O2. The van der Waals surface area contributed by atoms with Crippen LogP contribution in [0.1, 0.15) is 17.1 Å². The summed E-state index contributed by atoms with van der Waals surface area (Å²) in [6.45, 7) is 0.176. The van der Waals surface area contributed by atoms with Gasteiger partial charge < -0.3 is 9.62 Å². The lowest BCUT2D eigenvalue weighted by molar-refractivity contribution is -0.475. The fourth-order valence-electron chi connectivity index (χ4n) is 2.59. The van der Waals surface area contributed by atoms with Gasteiger partial charge in [-0.2, -0.15) is 4.74 Å². The summed E-state index contributed by atoms with van der Waals surface area (Å²) in [5.74, 6) is 1.25. The Morgan fingerprint density at radius 1 is 1.33 bits per heavy atom. The SMILES string of the molecule is [O-][N+]1=C(c2ccco2)c2cc(Br)ccc2-n2ccnc2C1. The summed E-state index contributed by atoms with van der Waals surface area (Å²) >= 11 is 3.47. The maximum absolute atomic E-state index is 12.6. The van der Waals surface area contributed by atoms with Crippen molar-refractivity contribution in [3.63, 3.8) is 0 Å². The molecule has 2 aromatic heterocycles. The first-order chi connectivity index (χ1) is 10.2. The Labute approximate surface area is 128 Å². The molecule has 5 nitrogen and oxygen atoms in total. The number of halogens is 1. The minimum Gasteiger partial charge on any atom is -0.623 e. The molecule has 0 fully saturated rings. The zero-order chi connectivity index (χ0) is 14.4. The molecule has 1 aromatic carbocycles. The van der Waals surface area contributed by atoms with Crippen LogP contribution in [-0.2, 0) is 6.54 Å². The van der Waals surface area contributed by atoms with E-state index in [0.717, 1.165) is 20.5 Å². The van der Waals surface area contributed by atoms with E-state index in [1.165, 1.54) is 0 Å². The van der Waals surface area contributed by atoms with E-state index in [1.54, 1.807) is 24.6 Å². The number of hydroxylamine groups is 1. The summed E-state index contributed by atoms with van der Waals surface area (Å²) in [6, 6.07) is 9.40. The number of imidazole rings is 1. The van der Waals surface area contributed by atoms with Gasteiger partial charge in [0.1, 0.15) is 0 Å². The summed E-state index contributed by atoms with van der Waals surface area (Å²) in [6.07, 6.45) is 5.13. The third-order valence-electron chi connectivity index (χ3n) is 3.48. The normalized spacial score (nSPS) is 13.8. The number of aromatic nitrogens is 2. The van der Waals surface area contributed by atoms with E-state index in [9.17, 15) is 5.21 Å². The van der Waals surface area contributed by atoms with Crippen molar-refractivity contribution >= 4 is 21.6 Å². The Hall–Kier alpha value is -2.34. The third-order valence-corrected chi connectivity index (χ3v) is 3.97. The van der Waals surface area contributed by atoms with Crippen LogP contribution in [0.15, 0.2) is 57.9 Å². The van der Waals surface area contributed by atoms with Gasteiger partial charge in [0.05, 0.1) is 17.5 Å². The average molecular weight is 344 g/mol. The number of hydrogen-bond donors (Lipinski definition) is 0. The first kappa shape index (κ1) is 12.4. The van der Waals surface area contributed by atoms with Crippen molar-refractivity contribution in [3.05, 3.63) is 75.8 Å². The van der Waals surface area contributed by atoms with Crippen LogP contribution in [0, 0.1) is 5.21 Å². The van der Waals surface area contributed by atoms with Crippen LogP contribution in [0.3, 0.4) is 0 Å². The molecule has 0 spiro atoms. The smallest absolute Gasteiger partial charge is 0.263 e. The highest BCUT2D eigenvalue weighted by molar-refractivity contribution is 9.10. The van der Waals surface area contributed by atoms with Crippen molar-refractivity contribution < 1.29 is 9.16 Å². The van der Waals surface area contributed by atoms with Gasteiger partial charge in [0, 0.05) is 16.9 Å². The Bertz CT molecular complexity index is 850. The van der Waals surface area contributed by atoms with E-state index in [-0.39, 0.29) is 6.54 Å².